The lowest BCUT2D eigenvalue weighted by atomic mass is 9.97. The van der Waals surface area contributed by atoms with Gasteiger partial charge in [-0.25, -0.2) is 4.79 Å². The third kappa shape index (κ3) is 4.24. The number of aryl methyl sites for hydroxylation is 1. The number of nitrogens with zero attached hydrogens (tertiary/aromatic N) is 1. The molecule has 1 heterocycles. The van der Waals surface area contributed by atoms with E-state index >= 15 is 0 Å². The van der Waals surface area contributed by atoms with Gasteiger partial charge in [-0.3, -0.25) is 9.59 Å². The second-order valence-corrected chi connectivity index (χ2v) is 7.92. The van der Waals surface area contributed by atoms with Crippen LogP contribution in [0.25, 0.3) is 0 Å². The molecule has 0 spiro atoms. The molecular formula is C25H19F3N2O4. The molecule has 6 nitrogen and oxygen atoms in total. The van der Waals surface area contributed by atoms with Gasteiger partial charge in [-0.1, -0.05) is 54.1 Å². The van der Waals surface area contributed by atoms with Gasteiger partial charge in [0.15, 0.2) is 6.04 Å². The van der Waals surface area contributed by atoms with Crippen molar-refractivity contribution in [3.05, 3.63) is 101 Å². The minimum atomic E-state index is -4.60. The van der Waals surface area contributed by atoms with E-state index in [1.54, 1.807) is 31.2 Å². The quantitative estimate of drug-likeness (QED) is 0.566. The van der Waals surface area contributed by atoms with Crippen LogP contribution in [0.5, 0.6) is 0 Å². The van der Waals surface area contributed by atoms with Crippen LogP contribution in [0.3, 0.4) is 0 Å². The predicted octanol–water partition coefficient (Wildman–Crippen LogP) is 4.98. The van der Waals surface area contributed by atoms with E-state index in [1.165, 1.54) is 24.3 Å². The minimum Gasteiger partial charge on any atom is -0.479 e. The molecule has 174 valence electrons. The fourth-order valence-electron chi connectivity index (χ4n) is 4.02. The van der Waals surface area contributed by atoms with Crippen LogP contribution in [-0.2, 0) is 15.8 Å². The summed E-state index contributed by atoms with van der Waals surface area (Å²) in [4.78, 5) is 40.4. The number of carboxylic acid groups (broad SMARTS) is 1. The van der Waals surface area contributed by atoms with E-state index in [-0.39, 0.29) is 22.4 Å². The SMILES string of the molecule is Cc1ccc2c(c1)C(=O)N(C(C(=O)O)c1ccccc1)C(c1ccc(C(F)(F)F)cc1)C(=O)N2. The van der Waals surface area contributed by atoms with E-state index in [4.69, 9.17) is 0 Å². The van der Waals surface area contributed by atoms with Gasteiger partial charge in [0.05, 0.1) is 16.8 Å². The Morgan fingerprint density at radius 3 is 2.24 bits per heavy atom. The van der Waals surface area contributed by atoms with Gasteiger partial charge in [-0.2, -0.15) is 13.2 Å². The first-order chi connectivity index (χ1) is 16.1. The summed E-state index contributed by atoms with van der Waals surface area (Å²) in [6.07, 6.45) is -4.60. The van der Waals surface area contributed by atoms with Crippen LogP contribution >= 0.6 is 0 Å². The van der Waals surface area contributed by atoms with E-state index in [2.05, 4.69) is 5.32 Å². The van der Waals surface area contributed by atoms with Gasteiger partial charge in [-0.05, 0) is 42.3 Å². The summed E-state index contributed by atoms with van der Waals surface area (Å²) in [5, 5.41) is 12.8. The number of alkyl halides is 3. The van der Waals surface area contributed by atoms with Gasteiger partial charge in [-0.15, -0.1) is 0 Å². The highest BCUT2D eigenvalue weighted by atomic mass is 19.4. The molecule has 2 amide bonds. The first-order valence-electron chi connectivity index (χ1n) is 10.3. The zero-order chi connectivity index (χ0) is 24.6. The van der Waals surface area contributed by atoms with Crippen molar-refractivity contribution in [1.82, 2.24) is 4.90 Å². The molecule has 2 N–H and O–H groups in total. The Hall–Kier alpha value is -4.14. The average molecular weight is 468 g/mol. The fourth-order valence-corrected chi connectivity index (χ4v) is 4.02. The standard InChI is InChI=1S/C25H19F3N2O4/c1-14-7-12-19-18(13-14)23(32)30(21(24(33)34)15-5-3-2-4-6-15)20(22(31)29-19)16-8-10-17(11-9-16)25(26,27)28/h2-13,20-21H,1H3,(H,29,31)(H,33,34). The predicted molar refractivity (Wildman–Crippen MR) is 117 cm³/mol. The maximum atomic E-state index is 13.8. The molecular weight excluding hydrogens is 449 g/mol. The molecule has 1 aliphatic rings. The molecule has 4 rings (SSSR count). The first kappa shape index (κ1) is 23.0. The molecule has 34 heavy (non-hydrogen) atoms. The Morgan fingerprint density at radius 1 is 1.00 bits per heavy atom. The number of amides is 2. The number of nitrogens with one attached hydrogen (secondary N) is 1. The van der Waals surface area contributed by atoms with Crippen LogP contribution in [0.4, 0.5) is 18.9 Å². The zero-order valence-electron chi connectivity index (χ0n) is 17.8. The van der Waals surface area contributed by atoms with Crippen LogP contribution in [0.1, 0.15) is 44.7 Å². The maximum absolute atomic E-state index is 13.8. The Balaban J connectivity index is 1.93. The number of aliphatic carboxylic acids is 1. The number of carboxylic acids is 1. The zero-order valence-corrected chi connectivity index (χ0v) is 17.8. The highest BCUT2D eigenvalue weighted by Crippen LogP contribution is 2.39. The first-order valence-corrected chi connectivity index (χ1v) is 10.3. The van der Waals surface area contributed by atoms with E-state index < -0.39 is 41.6 Å². The molecule has 0 aliphatic carbocycles. The molecule has 1 aliphatic heterocycles. The smallest absolute Gasteiger partial charge is 0.416 e. The highest BCUT2D eigenvalue weighted by molar-refractivity contribution is 6.11. The Kier molecular flexibility index (Phi) is 5.87. The van der Waals surface area contributed by atoms with Gasteiger partial charge in [0.1, 0.15) is 6.04 Å². The van der Waals surface area contributed by atoms with Gasteiger partial charge in [0.2, 0.25) is 0 Å². The maximum Gasteiger partial charge on any atom is 0.416 e. The van der Waals surface area contributed by atoms with E-state index in [1.807, 2.05) is 0 Å². The van der Waals surface area contributed by atoms with Gasteiger partial charge < -0.3 is 15.3 Å². The summed E-state index contributed by atoms with van der Waals surface area (Å²) in [7, 11) is 0. The van der Waals surface area contributed by atoms with Crippen molar-refractivity contribution in [1.29, 1.82) is 0 Å². The number of rotatable bonds is 4. The topological polar surface area (TPSA) is 86.7 Å². The number of hydrogen-bond donors (Lipinski definition) is 2. The Bertz CT molecular complexity index is 1260. The molecule has 2 atom stereocenters. The van der Waals surface area contributed by atoms with Crippen molar-refractivity contribution < 1.29 is 32.7 Å². The summed E-state index contributed by atoms with van der Waals surface area (Å²) in [6.45, 7) is 1.74. The second kappa shape index (κ2) is 8.66. The van der Waals surface area contributed by atoms with Crippen LogP contribution in [0.15, 0.2) is 72.8 Å². The van der Waals surface area contributed by atoms with E-state index in [9.17, 15) is 32.7 Å². The molecule has 0 saturated carbocycles. The van der Waals surface area contributed by atoms with Crippen molar-refractivity contribution in [2.45, 2.75) is 25.2 Å². The Labute approximate surface area is 192 Å². The molecule has 3 aromatic rings. The third-order valence-corrected chi connectivity index (χ3v) is 5.61. The van der Waals surface area contributed by atoms with Crippen LogP contribution in [-0.4, -0.2) is 27.8 Å². The average Bonchev–Trinajstić information content (AvgIpc) is 2.89. The lowest BCUT2D eigenvalue weighted by Gasteiger charge is -2.34. The lowest BCUT2D eigenvalue weighted by molar-refractivity contribution is -0.144. The number of halogens is 3. The number of benzene rings is 3. The summed E-state index contributed by atoms with van der Waals surface area (Å²) in [5.74, 6) is -2.86. The molecule has 0 aromatic heterocycles. The van der Waals surface area contributed by atoms with Crippen molar-refractivity contribution in [3.8, 4) is 0 Å². The third-order valence-electron chi connectivity index (χ3n) is 5.61. The molecule has 0 saturated heterocycles. The van der Waals surface area contributed by atoms with E-state index in [0.717, 1.165) is 29.2 Å². The molecule has 0 fully saturated rings. The highest BCUT2D eigenvalue weighted by Gasteiger charge is 2.44. The fraction of sp³-hybridized carbons (Fsp3) is 0.160. The number of anilines is 1. The molecule has 9 heteroatoms. The number of fused-ring (bicyclic) bond motifs is 1. The van der Waals surface area contributed by atoms with Crippen molar-refractivity contribution in [3.63, 3.8) is 0 Å². The van der Waals surface area contributed by atoms with Gasteiger partial charge in [0, 0.05) is 0 Å². The summed E-state index contributed by atoms with van der Waals surface area (Å²) < 4.78 is 39.3. The summed E-state index contributed by atoms with van der Waals surface area (Å²) >= 11 is 0. The van der Waals surface area contributed by atoms with Crippen LogP contribution < -0.4 is 5.32 Å². The van der Waals surface area contributed by atoms with Crippen molar-refractivity contribution >= 4 is 23.5 Å². The number of carbonyl (C=O) groups excluding carboxylic acids is 2. The van der Waals surface area contributed by atoms with Crippen molar-refractivity contribution in [2.75, 3.05) is 5.32 Å². The summed E-state index contributed by atoms with van der Waals surface area (Å²) in [6, 6.07) is 13.3. The minimum absolute atomic E-state index is 0.0468. The largest absolute Gasteiger partial charge is 0.479 e. The monoisotopic (exact) mass is 468 g/mol. The summed E-state index contributed by atoms with van der Waals surface area (Å²) in [5.41, 5.74) is 0.345. The normalized spacial score (nSPS) is 16.9. The van der Waals surface area contributed by atoms with Crippen molar-refractivity contribution in [2.24, 2.45) is 0 Å². The molecule has 2 unspecified atom stereocenters. The Morgan fingerprint density at radius 2 is 1.65 bits per heavy atom. The van der Waals surface area contributed by atoms with Crippen LogP contribution in [0.2, 0.25) is 0 Å². The van der Waals surface area contributed by atoms with E-state index in [0.29, 0.717) is 5.56 Å². The molecule has 0 bridgehead atoms. The lowest BCUT2D eigenvalue weighted by Crippen LogP contribution is -2.44. The molecule has 0 radical (unpaired) electrons. The molecule has 3 aromatic carbocycles. The second-order valence-electron chi connectivity index (χ2n) is 7.92. The van der Waals surface area contributed by atoms with Crippen LogP contribution in [0, 0.1) is 6.92 Å². The number of carbonyl (C=O) groups is 3. The van der Waals surface area contributed by atoms with Gasteiger partial charge in [0.25, 0.3) is 11.8 Å². The van der Waals surface area contributed by atoms with Gasteiger partial charge >= 0.3 is 12.1 Å². The number of hydrogen-bond acceptors (Lipinski definition) is 3.